The minimum absolute atomic E-state index is 0.182. The van der Waals surface area contributed by atoms with Gasteiger partial charge in [-0.2, -0.15) is 0 Å². The van der Waals surface area contributed by atoms with Gasteiger partial charge in [-0.3, -0.25) is 4.39 Å². The van der Waals surface area contributed by atoms with Crippen LogP contribution in [0, 0.1) is 5.92 Å². The van der Waals surface area contributed by atoms with Crippen molar-refractivity contribution in [3.8, 4) is 0 Å². The lowest BCUT2D eigenvalue weighted by atomic mass is 10.0. The number of halogens is 1. The Morgan fingerprint density at radius 3 is 2.93 bits per heavy atom. The van der Waals surface area contributed by atoms with Gasteiger partial charge >= 0.3 is 0 Å². The molecule has 15 heavy (non-hydrogen) atoms. The minimum atomic E-state index is -0.182. The van der Waals surface area contributed by atoms with Gasteiger partial charge in [0.15, 0.2) is 0 Å². The average molecular weight is 216 g/mol. The van der Waals surface area contributed by atoms with Crippen molar-refractivity contribution < 1.29 is 4.39 Å². The fourth-order valence-electron chi connectivity index (χ4n) is 2.29. The summed E-state index contributed by atoms with van der Waals surface area (Å²) in [7, 11) is 0. The van der Waals surface area contributed by atoms with Crippen LogP contribution in [0.5, 0.6) is 0 Å². The fourth-order valence-corrected chi connectivity index (χ4v) is 2.29. The van der Waals surface area contributed by atoms with Crippen molar-refractivity contribution in [2.24, 2.45) is 5.92 Å². The van der Waals surface area contributed by atoms with E-state index in [1.165, 1.54) is 12.8 Å². The molecule has 1 heterocycles. The van der Waals surface area contributed by atoms with Gasteiger partial charge < -0.3 is 10.2 Å². The van der Waals surface area contributed by atoms with Crippen molar-refractivity contribution in [2.75, 3.05) is 32.9 Å². The van der Waals surface area contributed by atoms with Gasteiger partial charge in [0, 0.05) is 19.1 Å². The predicted octanol–water partition coefficient (Wildman–Crippen LogP) is 2.06. The third-order valence-corrected chi connectivity index (χ3v) is 2.93. The van der Waals surface area contributed by atoms with Crippen LogP contribution in [-0.4, -0.2) is 43.8 Å². The zero-order chi connectivity index (χ0) is 11.1. The number of rotatable bonds is 5. The molecule has 0 aromatic rings. The van der Waals surface area contributed by atoms with Crippen molar-refractivity contribution in [1.82, 2.24) is 10.2 Å². The van der Waals surface area contributed by atoms with E-state index in [2.05, 4.69) is 24.1 Å². The summed E-state index contributed by atoms with van der Waals surface area (Å²) in [5.74, 6) is 0.739. The van der Waals surface area contributed by atoms with E-state index in [-0.39, 0.29) is 6.67 Å². The van der Waals surface area contributed by atoms with Gasteiger partial charge in [-0.1, -0.05) is 13.8 Å². The molecule has 1 atom stereocenters. The molecule has 2 nitrogen and oxygen atoms in total. The molecule has 0 radical (unpaired) electrons. The van der Waals surface area contributed by atoms with E-state index in [0.29, 0.717) is 12.5 Å². The Bertz CT molecular complexity index is 162. The quantitative estimate of drug-likeness (QED) is 0.756. The largest absolute Gasteiger partial charge is 0.313 e. The monoisotopic (exact) mass is 216 g/mol. The first-order valence-electron chi connectivity index (χ1n) is 6.24. The maximum atomic E-state index is 12.1. The smallest absolute Gasteiger partial charge is 0.0906 e. The van der Waals surface area contributed by atoms with Gasteiger partial charge in [-0.15, -0.1) is 0 Å². The van der Waals surface area contributed by atoms with Crippen LogP contribution in [0.1, 0.15) is 33.1 Å². The summed E-state index contributed by atoms with van der Waals surface area (Å²) in [6.45, 7) is 8.60. The van der Waals surface area contributed by atoms with Crippen molar-refractivity contribution in [3.63, 3.8) is 0 Å². The van der Waals surface area contributed by atoms with E-state index in [1.54, 1.807) is 0 Å². The van der Waals surface area contributed by atoms with Crippen LogP contribution in [0.3, 0.4) is 0 Å². The van der Waals surface area contributed by atoms with Gasteiger partial charge in [0.1, 0.15) is 0 Å². The number of hydrogen-bond donors (Lipinski definition) is 1. The van der Waals surface area contributed by atoms with Crippen LogP contribution in [0.2, 0.25) is 0 Å². The number of nitrogens with zero attached hydrogens (tertiary/aromatic N) is 1. The first-order chi connectivity index (χ1) is 7.22. The molecule has 1 fully saturated rings. The molecule has 0 saturated carbocycles. The summed E-state index contributed by atoms with van der Waals surface area (Å²) in [6.07, 6.45) is 3.11. The lowest BCUT2D eigenvalue weighted by Crippen LogP contribution is -2.39. The Morgan fingerprint density at radius 2 is 2.27 bits per heavy atom. The third kappa shape index (κ3) is 5.47. The number of nitrogens with one attached hydrogen (secondary N) is 1. The van der Waals surface area contributed by atoms with Crippen LogP contribution in [-0.2, 0) is 0 Å². The number of alkyl halides is 1. The third-order valence-electron chi connectivity index (χ3n) is 2.93. The normalized spacial score (nSPS) is 24.4. The second-order valence-electron chi connectivity index (χ2n) is 4.98. The highest BCUT2D eigenvalue weighted by atomic mass is 19.1. The zero-order valence-electron chi connectivity index (χ0n) is 10.1. The summed E-state index contributed by atoms with van der Waals surface area (Å²) in [4.78, 5) is 2.41. The molecule has 1 N–H and O–H groups in total. The molecule has 0 aromatic carbocycles. The van der Waals surface area contributed by atoms with Crippen LogP contribution in [0.4, 0.5) is 4.39 Å². The molecule has 1 saturated heterocycles. The zero-order valence-corrected chi connectivity index (χ0v) is 10.1. The summed E-state index contributed by atoms with van der Waals surface area (Å²) in [5.41, 5.74) is 0. The molecule has 1 aliphatic rings. The van der Waals surface area contributed by atoms with Crippen LogP contribution in [0.25, 0.3) is 0 Å². The van der Waals surface area contributed by atoms with E-state index >= 15 is 0 Å². The van der Waals surface area contributed by atoms with Crippen LogP contribution in [0.15, 0.2) is 0 Å². The van der Waals surface area contributed by atoms with E-state index in [4.69, 9.17) is 0 Å². The second-order valence-corrected chi connectivity index (χ2v) is 4.98. The summed E-state index contributed by atoms with van der Waals surface area (Å²) >= 11 is 0. The lowest BCUT2D eigenvalue weighted by molar-refractivity contribution is 0.243. The van der Waals surface area contributed by atoms with Crippen molar-refractivity contribution in [3.05, 3.63) is 0 Å². The van der Waals surface area contributed by atoms with Gasteiger partial charge in [0.05, 0.1) is 6.67 Å². The molecular formula is C12H25FN2. The highest BCUT2D eigenvalue weighted by Gasteiger charge is 2.17. The molecule has 0 aromatic heterocycles. The first-order valence-corrected chi connectivity index (χ1v) is 6.24. The molecule has 0 amide bonds. The van der Waals surface area contributed by atoms with Crippen molar-refractivity contribution in [1.29, 1.82) is 0 Å². The Balaban J connectivity index is 2.31. The fraction of sp³-hybridized carbons (Fsp3) is 1.00. The Labute approximate surface area is 93.2 Å². The minimum Gasteiger partial charge on any atom is -0.313 e. The van der Waals surface area contributed by atoms with Gasteiger partial charge in [0.2, 0.25) is 0 Å². The lowest BCUT2D eigenvalue weighted by Gasteiger charge is -2.25. The first kappa shape index (κ1) is 12.9. The predicted molar refractivity (Wildman–Crippen MR) is 62.9 cm³/mol. The Hall–Kier alpha value is -0.150. The highest BCUT2D eigenvalue weighted by molar-refractivity contribution is 4.77. The molecule has 0 spiro atoms. The Kier molecular flexibility index (Phi) is 6.18. The van der Waals surface area contributed by atoms with Crippen molar-refractivity contribution >= 4 is 0 Å². The maximum absolute atomic E-state index is 12.1. The molecule has 0 bridgehead atoms. The van der Waals surface area contributed by atoms with Crippen LogP contribution < -0.4 is 5.32 Å². The van der Waals surface area contributed by atoms with Gasteiger partial charge in [-0.25, -0.2) is 0 Å². The maximum Gasteiger partial charge on any atom is 0.0906 e. The van der Waals surface area contributed by atoms with Crippen molar-refractivity contribution in [2.45, 2.75) is 39.2 Å². The average Bonchev–Trinajstić information content (AvgIpc) is 2.39. The standard InChI is InChI=1S/C12H25FN2/c1-11(2)9-12-10-15(7-3-5-13)8-4-6-14-12/h11-12,14H,3-10H2,1-2H3. The topological polar surface area (TPSA) is 15.3 Å². The Morgan fingerprint density at radius 1 is 1.47 bits per heavy atom. The molecule has 0 aliphatic carbocycles. The number of hydrogen-bond acceptors (Lipinski definition) is 2. The van der Waals surface area contributed by atoms with Gasteiger partial charge in [0.25, 0.3) is 0 Å². The highest BCUT2D eigenvalue weighted by Crippen LogP contribution is 2.10. The summed E-state index contributed by atoms with van der Waals surface area (Å²) in [5, 5.41) is 3.58. The SMILES string of the molecule is CC(C)CC1CN(CCCF)CCCN1. The molecule has 3 heteroatoms. The molecule has 1 aliphatic heterocycles. The van der Waals surface area contributed by atoms with Crippen LogP contribution >= 0.6 is 0 Å². The van der Waals surface area contributed by atoms with E-state index < -0.39 is 0 Å². The molecular weight excluding hydrogens is 191 g/mol. The summed E-state index contributed by atoms with van der Waals surface area (Å²) < 4.78 is 12.1. The van der Waals surface area contributed by atoms with E-state index in [0.717, 1.165) is 32.1 Å². The van der Waals surface area contributed by atoms with E-state index in [9.17, 15) is 4.39 Å². The molecule has 1 rings (SSSR count). The second kappa shape index (κ2) is 7.18. The molecule has 1 unspecified atom stereocenters. The van der Waals surface area contributed by atoms with E-state index in [1.807, 2.05) is 0 Å². The summed E-state index contributed by atoms with van der Waals surface area (Å²) in [6, 6.07) is 0.604. The molecule has 90 valence electrons. The van der Waals surface area contributed by atoms with Gasteiger partial charge in [-0.05, 0) is 38.3 Å².